The van der Waals surface area contributed by atoms with Gasteiger partial charge in [-0.3, -0.25) is 9.78 Å². The Morgan fingerprint density at radius 2 is 2.28 bits per heavy atom. The van der Waals surface area contributed by atoms with Crippen LogP contribution in [0.2, 0.25) is 0 Å². The van der Waals surface area contributed by atoms with Crippen molar-refractivity contribution < 1.29 is 4.79 Å². The van der Waals surface area contributed by atoms with Crippen molar-refractivity contribution >= 4 is 11.7 Å². The van der Waals surface area contributed by atoms with Crippen LogP contribution in [0.4, 0.5) is 5.82 Å². The molecule has 1 amide bonds. The molecule has 0 aromatic carbocycles. The van der Waals surface area contributed by atoms with E-state index >= 15 is 0 Å². The van der Waals surface area contributed by atoms with Crippen LogP contribution in [0.1, 0.15) is 29.3 Å². The van der Waals surface area contributed by atoms with E-state index in [1.54, 1.807) is 25.6 Å². The van der Waals surface area contributed by atoms with Gasteiger partial charge in [-0.15, -0.1) is 0 Å². The molecule has 0 aliphatic rings. The third-order valence-corrected chi connectivity index (χ3v) is 2.40. The third-order valence-electron chi connectivity index (χ3n) is 2.40. The molecule has 18 heavy (non-hydrogen) atoms. The highest BCUT2D eigenvalue weighted by molar-refractivity contribution is 5.92. The molecular weight excluding hydrogens is 232 g/mol. The Hall–Kier alpha value is -2.44. The predicted molar refractivity (Wildman–Crippen MR) is 66.0 cm³/mol. The minimum atomic E-state index is -0.288. The molecule has 0 bridgehead atoms. The molecule has 1 unspecified atom stereocenters. The van der Waals surface area contributed by atoms with Gasteiger partial charge in [-0.05, 0) is 6.92 Å². The van der Waals surface area contributed by atoms with E-state index in [9.17, 15) is 4.79 Å². The molecule has 0 spiro atoms. The fraction of sp³-hybridized carbons (Fsp3) is 0.273. The van der Waals surface area contributed by atoms with Crippen molar-refractivity contribution in [1.29, 1.82) is 0 Å². The lowest BCUT2D eigenvalue weighted by atomic mass is 10.3. The second-order valence-electron chi connectivity index (χ2n) is 3.71. The summed E-state index contributed by atoms with van der Waals surface area (Å²) < 4.78 is 0. The number of H-pyrrole nitrogens is 1. The lowest BCUT2D eigenvalue weighted by Gasteiger charge is -2.11. The normalized spacial score (nSPS) is 11.9. The highest BCUT2D eigenvalue weighted by atomic mass is 16.1. The number of carbonyl (C=O) groups is 1. The summed E-state index contributed by atoms with van der Waals surface area (Å²) in [5, 5.41) is 5.62. The maximum atomic E-state index is 11.9. The van der Waals surface area contributed by atoms with Crippen LogP contribution in [0.25, 0.3) is 0 Å². The molecule has 0 radical (unpaired) electrons. The summed E-state index contributed by atoms with van der Waals surface area (Å²) in [5.41, 5.74) is 0.264. The summed E-state index contributed by atoms with van der Waals surface area (Å²) in [5.74, 6) is 0.956. The van der Waals surface area contributed by atoms with E-state index < -0.39 is 0 Å². The van der Waals surface area contributed by atoms with Crippen LogP contribution in [0.15, 0.2) is 24.8 Å². The first-order chi connectivity index (χ1) is 8.70. The van der Waals surface area contributed by atoms with Crippen molar-refractivity contribution in [2.45, 2.75) is 13.0 Å². The Morgan fingerprint density at radius 1 is 1.44 bits per heavy atom. The van der Waals surface area contributed by atoms with Gasteiger partial charge in [-0.2, -0.15) is 0 Å². The zero-order valence-electron chi connectivity index (χ0n) is 10.1. The van der Waals surface area contributed by atoms with E-state index in [2.05, 4.69) is 30.6 Å². The molecule has 2 rings (SSSR count). The summed E-state index contributed by atoms with van der Waals surface area (Å²) in [7, 11) is 1.72. The molecule has 3 N–H and O–H groups in total. The van der Waals surface area contributed by atoms with Gasteiger partial charge in [0.2, 0.25) is 0 Å². The Kier molecular flexibility index (Phi) is 3.52. The summed E-state index contributed by atoms with van der Waals surface area (Å²) in [4.78, 5) is 27.0. The fourth-order valence-electron chi connectivity index (χ4n) is 1.45. The largest absolute Gasteiger partial charge is 0.372 e. The molecule has 0 saturated heterocycles. The van der Waals surface area contributed by atoms with Gasteiger partial charge in [0.1, 0.15) is 17.3 Å². The van der Waals surface area contributed by atoms with Crippen LogP contribution in [0, 0.1) is 0 Å². The zero-order chi connectivity index (χ0) is 13.0. The maximum Gasteiger partial charge on any atom is 0.272 e. The zero-order valence-corrected chi connectivity index (χ0v) is 10.1. The van der Waals surface area contributed by atoms with Gasteiger partial charge in [0.05, 0.1) is 18.4 Å². The number of aromatic nitrogens is 4. The van der Waals surface area contributed by atoms with Gasteiger partial charge in [0, 0.05) is 19.4 Å². The van der Waals surface area contributed by atoms with Crippen molar-refractivity contribution in [3.05, 3.63) is 36.3 Å². The average Bonchev–Trinajstić information content (AvgIpc) is 2.92. The second-order valence-corrected chi connectivity index (χ2v) is 3.71. The SMILES string of the molecule is CNc1cncc(C(=O)NC(C)c2ncc[nH]2)n1. The summed E-state index contributed by atoms with van der Waals surface area (Å²) in [6, 6.07) is -0.215. The van der Waals surface area contributed by atoms with E-state index in [4.69, 9.17) is 0 Å². The molecule has 7 heteroatoms. The molecule has 2 aromatic heterocycles. The topological polar surface area (TPSA) is 95.6 Å². The van der Waals surface area contributed by atoms with E-state index in [0.717, 1.165) is 0 Å². The number of hydrogen-bond acceptors (Lipinski definition) is 5. The number of carbonyl (C=O) groups excluding carboxylic acids is 1. The molecule has 0 aliphatic carbocycles. The van der Waals surface area contributed by atoms with Crippen LogP contribution in [-0.2, 0) is 0 Å². The number of nitrogens with zero attached hydrogens (tertiary/aromatic N) is 3. The van der Waals surface area contributed by atoms with Crippen LogP contribution in [-0.4, -0.2) is 32.9 Å². The maximum absolute atomic E-state index is 11.9. The van der Waals surface area contributed by atoms with Crippen LogP contribution in [0.5, 0.6) is 0 Å². The number of imidazole rings is 1. The Labute approximate surface area is 104 Å². The number of aromatic amines is 1. The average molecular weight is 246 g/mol. The van der Waals surface area contributed by atoms with Crippen molar-refractivity contribution in [3.8, 4) is 0 Å². The first kappa shape index (κ1) is 12.0. The number of rotatable bonds is 4. The third kappa shape index (κ3) is 2.62. The molecule has 0 aliphatic heterocycles. The minimum absolute atomic E-state index is 0.215. The molecule has 0 saturated carbocycles. The monoisotopic (exact) mass is 246 g/mol. The lowest BCUT2D eigenvalue weighted by molar-refractivity contribution is 0.0933. The van der Waals surface area contributed by atoms with Crippen molar-refractivity contribution in [2.75, 3.05) is 12.4 Å². The molecule has 1 atom stereocenters. The van der Waals surface area contributed by atoms with Crippen molar-refractivity contribution in [3.63, 3.8) is 0 Å². The first-order valence-electron chi connectivity index (χ1n) is 5.50. The number of hydrogen-bond donors (Lipinski definition) is 3. The quantitative estimate of drug-likeness (QED) is 0.739. The Balaban J connectivity index is 2.07. The van der Waals surface area contributed by atoms with Crippen molar-refractivity contribution in [2.24, 2.45) is 0 Å². The highest BCUT2D eigenvalue weighted by Gasteiger charge is 2.14. The summed E-state index contributed by atoms with van der Waals surface area (Å²) >= 11 is 0. The number of amides is 1. The molecule has 0 fully saturated rings. The van der Waals surface area contributed by atoms with Crippen LogP contribution in [0.3, 0.4) is 0 Å². The van der Waals surface area contributed by atoms with Gasteiger partial charge in [-0.1, -0.05) is 0 Å². The fourth-order valence-corrected chi connectivity index (χ4v) is 1.45. The van der Waals surface area contributed by atoms with E-state index in [1.807, 2.05) is 6.92 Å². The number of nitrogens with one attached hydrogen (secondary N) is 3. The van der Waals surface area contributed by atoms with Crippen LogP contribution < -0.4 is 10.6 Å². The van der Waals surface area contributed by atoms with Gasteiger partial charge < -0.3 is 15.6 Å². The number of anilines is 1. The van der Waals surface area contributed by atoms with E-state index in [1.165, 1.54) is 6.20 Å². The van der Waals surface area contributed by atoms with Gasteiger partial charge >= 0.3 is 0 Å². The predicted octanol–water partition coefficient (Wildman–Crippen LogP) is 0.732. The van der Waals surface area contributed by atoms with E-state index in [0.29, 0.717) is 11.6 Å². The van der Waals surface area contributed by atoms with E-state index in [-0.39, 0.29) is 17.6 Å². The molecule has 94 valence electrons. The van der Waals surface area contributed by atoms with Crippen molar-refractivity contribution in [1.82, 2.24) is 25.3 Å². The standard InChI is InChI=1S/C11H14N6O/c1-7(10-14-3-4-15-10)16-11(18)8-5-13-6-9(12-2)17-8/h3-7H,1-2H3,(H,12,17)(H,14,15)(H,16,18). The Morgan fingerprint density at radius 3 is 2.94 bits per heavy atom. The lowest BCUT2D eigenvalue weighted by Crippen LogP contribution is -2.28. The minimum Gasteiger partial charge on any atom is -0.372 e. The van der Waals surface area contributed by atoms with Gasteiger partial charge in [0.15, 0.2) is 0 Å². The van der Waals surface area contributed by atoms with Crippen LogP contribution >= 0.6 is 0 Å². The van der Waals surface area contributed by atoms with Gasteiger partial charge in [0.25, 0.3) is 5.91 Å². The smallest absolute Gasteiger partial charge is 0.272 e. The highest BCUT2D eigenvalue weighted by Crippen LogP contribution is 2.07. The second kappa shape index (κ2) is 5.26. The summed E-state index contributed by atoms with van der Waals surface area (Å²) in [6.45, 7) is 1.84. The molecule has 2 aromatic rings. The van der Waals surface area contributed by atoms with Gasteiger partial charge in [-0.25, -0.2) is 9.97 Å². The summed E-state index contributed by atoms with van der Waals surface area (Å²) in [6.07, 6.45) is 6.32. The molecule has 7 nitrogen and oxygen atoms in total. The molecule has 2 heterocycles. The molecular formula is C11H14N6O. The Bertz CT molecular complexity index is 524. The first-order valence-corrected chi connectivity index (χ1v) is 5.50.